The van der Waals surface area contributed by atoms with E-state index in [0.717, 1.165) is 25.9 Å². The van der Waals surface area contributed by atoms with Gasteiger partial charge in [-0.05, 0) is 37.0 Å². The lowest BCUT2D eigenvalue weighted by Crippen LogP contribution is -2.40. The summed E-state index contributed by atoms with van der Waals surface area (Å²) in [6, 6.07) is 4.18. The van der Waals surface area contributed by atoms with Gasteiger partial charge in [-0.3, -0.25) is 4.79 Å². The van der Waals surface area contributed by atoms with Crippen LogP contribution in [-0.2, 0) is 4.79 Å². The summed E-state index contributed by atoms with van der Waals surface area (Å²) in [6.45, 7) is 3.62. The van der Waals surface area contributed by atoms with Gasteiger partial charge in [0.05, 0.1) is 10.6 Å². The van der Waals surface area contributed by atoms with Gasteiger partial charge < -0.3 is 14.7 Å². The number of hydrogen-bond donors (Lipinski definition) is 1. The Labute approximate surface area is 128 Å². The van der Waals surface area contributed by atoms with Crippen molar-refractivity contribution in [1.29, 1.82) is 0 Å². The van der Waals surface area contributed by atoms with Crippen LogP contribution in [0.3, 0.4) is 0 Å². The summed E-state index contributed by atoms with van der Waals surface area (Å²) in [5, 5.41) is 9.04. The molecule has 0 saturated carbocycles. The maximum Gasteiger partial charge on any atom is 0.335 e. The zero-order chi connectivity index (χ0) is 15.4. The van der Waals surface area contributed by atoms with E-state index in [4.69, 9.17) is 21.4 Å². The molecule has 21 heavy (non-hydrogen) atoms. The number of rotatable bonds is 4. The molecule has 0 aliphatic carbocycles. The maximum atomic E-state index is 12.0. The highest BCUT2D eigenvalue weighted by atomic mass is 35.5. The summed E-state index contributed by atoms with van der Waals surface area (Å²) in [5.41, 5.74) is 0.0868. The number of amides is 1. The fraction of sp³-hybridized carbons (Fsp3) is 0.467. The van der Waals surface area contributed by atoms with Crippen molar-refractivity contribution >= 4 is 23.5 Å². The van der Waals surface area contributed by atoms with Crippen LogP contribution >= 0.6 is 11.6 Å². The third-order valence-corrected chi connectivity index (χ3v) is 3.96. The third kappa shape index (κ3) is 4.11. The van der Waals surface area contributed by atoms with Crippen LogP contribution in [0.4, 0.5) is 0 Å². The number of aromatic carboxylic acids is 1. The first-order chi connectivity index (χ1) is 9.97. The minimum absolute atomic E-state index is 0.0692. The first-order valence-electron chi connectivity index (χ1n) is 6.91. The van der Waals surface area contributed by atoms with Crippen LogP contribution in [0.2, 0.25) is 5.02 Å². The van der Waals surface area contributed by atoms with Gasteiger partial charge in [-0.15, -0.1) is 0 Å². The lowest BCUT2D eigenvalue weighted by Gasteiger charge is -2.30. The second-order valence-electron chi connectivity index (χ2n) is 5.30. The van der Waals surface area contributed by atoms with Crippen LogP contribution in [-0.4, -0.2) is 41.6 Å². The number of benzene rings is 1. The molecule has 0 atom stereocenters. The van der Waals surface area contributed by atoms with E-state index >= 15 is 0 Å². The Bertz CT molecular complexity index is 538. The molecule has 1 heterocycles. The number of hydrogen-bond acceptors (Lipinski definition) is 3. The molecule has 1 aliphatic heterocycles. The van der Waals surface area contributed by atoms with E-state index in [1.807, 2.05) is 0 Å². The van der Waals surface area contributed by atoms with Gasteiger partial charge in [-0.2, -0.15) is 0 Å². The number of carboxylic acid groups (broad SMARTS) is 1. The van der Waals surface area contributed by atoms with Crippen LogP contribution in [0.25, 0.3) is 0 Å². The van der Waals surface area contributed by atoms with Gasteiger partial charge in [0.2, 0.25) is 0 Å². The predicted octanol–water partition coefficient (Wildman–Crippen LogP) is 2.68. The summed E-state index contributed by atoms with van der Waals surface area (Å²) in [6.07, 6.45) is 2.03. The Morgan fingerprint density at radius 2 is 2.05 bits per heavy atom. The number of nitrogens with zero attached hydrogens (tertiary/aromatic N) is 1. The molecule has 6 heteroatoms. The van der Waals surface area contributed by atoms with Crippen LogP contribution in [0, 0.1) is 5.92 Å². The molecule has 1 N–H and O–H groups in total. The number of carbonyl (C=O) groups excluding carboxylic acids is 1. The molecule has 0 spiro atoms. The molecular weight excluding hydrogens is 294 g/mol. The van der Waals surface area contributed by atoms with Crippen molar-refractivity contribution in [1.82, 2.24) is 4.90 Å². The number of carbonyl (C=O) groups is 2. The molecule has 0 aromatic heterocycles. The number of ether oxygens (including phenoxy) is 1. The zero-order valence-corrected chi connectivity index (χ0v) is 12.6. The molecule has 0 unspecified atom stereocenters. The molecule has 1 amide bonds. The van der Waals surface area contributed by atoms with Crippen LogP contribution in [0.1, 0.15) is 30.1 Å². The Balaban J connectivity index is 1.91. The highest BCUT2D eigenvalue weighted by Crippen LogP contribution is 2.25. The summed E-state index contributed by atoms with van der Waals surface area (Å²) in [7, 11) is 0. The molecule has 1 saturated heterocycles. The van der Waals surface area contributed by atoms with Gasteiger partial charge in [0.25, 0.3) is 5.91 Å². The number of piperidine rings is 1. The lowest BCUT2D eigenvalue weighted by atomic mass is 9.99. The maximum absolute atomic E-state index is 12.0. The molecule has 1 aromatic carbocycles. The van der Waals surface area contributed by atoms with Crippen molar-refractivity contribution in [3.05, 3.63) is 28.8 Å². The van der Waals surface area contributed by atoms with Gasteiger partial charge in [0, 0.05) is 13.1 Å². The molecule has 1 aliphatic rings. The molecule has 0 radical (unpaired) electrons. The SMILES string of the molecule is CC1CCN(C(=O)COc2ccc(C(=O)O)cc2Cl)CC1. The topological polar surface area (TPSA) is 66.8 Å². The van der Waals surface area contributed by atoms with Crippen LogP contribution in [0.15, 0.2) is 18.2 Å². The fourth-order valence-corrected chi connectivity index (χ4v) is 2.47. The van der Waals surface area contributed by atoms with E-state index in [2.05, 4.69) is 6.92 Å². The normalized spacial score (nSPS) is 15.8. The van der Waals surface area contributed by atoms with Gasteiger partial charge in [-0.1, -0.05) is 18.5 Å². The van der Waals surface area contributed by atoms with Crippen molar-refractivity contribution < 1.29 is 19.4 Å². The summed E-state index contributed by atoms with van der Waals surface area (Å²) in [4.78, 5) is 24.6. The molecule has 0 bridgehead atoms. The van der Waals surface area contributed by atoms with Crippen molar-refractivity contribution in [3.63, 3.8) is 0 Å². The second-order valence-corrected chi connectivity index (χ2v) is 5.71. The van der Waals surface area contributed by atoms with Crippen molar-refractivity contribution in [3.8, 4) is 5.75 Å². The molecule has 2 rings (SSSR count). The van der Waals surface area contributed by atoms with Crippen molar-refractivity contribution in [2.45, 2.75) is 19.8 Å². The van der Waals surface area contributed by atoms with Crippen LogP contribution in [0.5, 0.6) is 5.75 Å². The molecule has 1 aromatic rings. The average Bonchev–Trinajstić information content (AvgIpc) is 2.46. The smallest absolute Gasteiger partial charge is 0.335 e. The van der Waals surface area contributed by atoms with E-state index in [0.29, 0.717) is 11.7 Å². The average molecular weight is 312 g/mol. The van der Waals surface area contributed by atoms with E-state index < -0.39 is 5.97 Å². The fourth-order valence-electron chi connectivity index (χ4n) is 2.24. The Morgan fingerprint density at radius 1 is 1.38 bits per heavy atom. The summed E-state index contributed by atoms with van der Waals surface area (Å²) in [5.74, 6) is -0.143. The van der Waals surface area contributed by atoms with E-state index in [1.165, 1.54) is 18.2 Å². The minimum Gasteiger partial charge on any atom is -0.482 e. The molecule has 1 fully saturated rings. The predicted molar refractivity (Wildman–Crippen MR) is 78.9 cm³/mol. The number of halogens is 1. The minimum atomic E-state index is -1.05. The summed E-state index contributed by atoms with van der Waals surface area (Å²) >= 11 is 5.95. The number of likely N-dealkylation sites (tertiary alicyclic amines) is 1. The second kappa shape index (κ2) is 6.80. The highest BCUT2D eigenvalue weighted by molar-refractivity contribution is 6.32. The van der Waals surface area contributed by atoms with E-state index in [9.17, 15) is 9.59 Å². The number of carboxylic acids is 1. The first-order valence-corrected chi connectivity index (χ1v) is 7.28. The van der Waals surface area contributed by atoms with E-state index in [1.54, 1.807) is 4.90 Å². The van der Waals surface area contributed by atoms with Crippen molar-refractivity contribution in [2.24, 2.45) is 5.92 Å². The van der Waals surface area contributed by atoms with Gasteiger partial charge in [-0.25, -0.2) is 4.79 Å². The summed E-state index contributed by atoms with van der Waals surface area (Å²) < 4.78 is 5.40. The van der Waals surface area contributed by atoms with Gasteiger partial charge in [0.15, 0.2) is 6.61 Å². The molecular formula is C15H18ClNO4. The Hall–Kier alpha value is -1.75. The standard InChI is InChI=1S/C15H18ClNO4/c1-10-4-6-17(7-5-10)14(18)9-21-13-3-2-11(15(19)20)8-12(13)16/h2-3,8,10H,4-7,9H2,1H3,(H,19,20). The Kier molecular flexibility index (Phi) is 5.07. The Morgan fingerprint density at radius 3 is 2.62 bits per heavy atom. The van der Waals surface area contributed by atoms with Gasteiger partial charge in [0.1, 0.15) is 5.75 Å². The van der Waals surface area contributed by atoms with Crippen LogP contribution < -0.4 is 4.74 Å². The molecule has 5 nitrogen and oxygen atoms in total. The monoisotopic (exact) mass is 311 g/mol. The molecule has 114 valence electrons. The van der Waals surface area contributed by atoms with E-state index in [-0.39, 0.29) is 23.1 Å². The quantitative estimate of drug-likeness (QED) is 0.928. The highest BCUT2D eigenvalue weighted by Gasteiger charge is 2.20. The van der Waals surface area contributed by atoms with Crippen molar-refractivity contribution in [2.75, 3.05) is 19.7 Å². The van der Waals surface area contributed by atoms with Gasteiger partial charge >= 0.3 is 5.97 Å². The first kappa shape index (κ1) is 15.6. The third-order valence-electron chi connectivity index (χ3n) is 3.67. The zero-order valence-electron chi connectivity index (χ0n) is 11.8. The lowest BCUT2D eigenvalue weighted by molar-refractivity contribution is -0.134. The largest absolute Gasteiger partial charge is 0.482 e.